The van der Waals surface area contributed by atoms with Crippen LogP contribution in [-0.2, 0) is 12.8 Å². The minimum Gasteiger partial charge on any atom is -0.0654 e. The van der Waals surface area contributed by atoms with Crippen molar-refractivity contribution in [1.29, 1.82) is 0 Å². The fourth-order valence-electron chi connectivity index (χ4n) is 4.16. The summed E-state index contributed by atoms with van der Waals surface area (Å²) in [4.78, 5) is 0. The minimum absolute atomic E-state index is 1.17. The van der Waals surface area contributed by atoms with Gasteiger partial charge in [0.1, 0.15) is 0 Å². The van der Waals surface area contributed by atoms with Crippen molar-refractivity contribution in [2.24, 2.45) is 0 Å². The second kappa shape index (κ2) is 7.50. The molecule has 3 aromatic carbocycles. The van der Waals surface area contributed by atoms with Crippen LogP contribution in [0.2, 0.25) is 0 Å². The summed E-state index contributed by atoms with van der Waals surface area (Å²) >= 11 is 0. The van der Waals surface area contributed by atoms with E-state index in [2.05, 4.69) is 74.5 Å². The number of unbranched alkanes of at least 4 members (excludes halogenated alkanes) is 2. The molecular weight excluding hydrogens is 312 g/mol. The van der Waals surface area contributed by atoms with Gasteiger partial charge < -0.3 is 0 Å². The van der Waals surface area contributed by atoms with E-state index in [4.69, 9.17) is 0 Å². The van der Waals surface area contributed by atoms with Crippen molar-refractivity contribution >= 4 is 0 Å². The van der Waals surface area contributed by atoms with Crippen LogP contribution in [0.3, 0.4) is 0 Å². The maximum Gasteiger partial charge on any atom is -0.00203 e. The molecule has 0 unspecified atom stereocenters. The van der Waals surface area contributed by atoms with Crippen molar-refractivity contribution in [3.8, 4) is 33.4 Å². The molecule has 26 heavy (non-hydrogen) atoms. The Morgan fingerprint density at radius 3 is 2.00 bits per heavy atom. The molecule has 0 aliphatic heterocycles. The van der Waals surface area contributed by atoms with Gasteiger partial charge in [-0.1, -0.05) is 87.4 Å². The Kier molecular flexibility index (Phi) is 4.93. The number of rotatable bonds is 7. The summed E-state index contributed by atoms with van der Waals surface area (Å²) < 4.78 is 0. The fourth-order valence-corrected chi connectivity index (χ4v) is 4.16. The zero-order valence-corrected chi connectivity index (χ0v) is 16.0. The number of fused-ring (bicyclic) bond motifs is 4. The summed E-state index contributed by atoms with van der Waals surface area (Å²) in [6, 6.07) is 22.9. The molecule has 3 aromatic rings. The average molecular weight is 341 g/mol. The molecule has 0 nitrogen and oxygen atoms in total. The van der Waals surface area contributed by atoms with E-state index >= 15 is 0 Å². The Morgan fingerprint density at radius 2 is 1.23 bits per heavy atom. The molecule has 0 atom stereocenters. The van der Waals surface area contributed by atoms with E-state index in [-0.39, 0.29) is 0 Å². The van der Waals surface area contributed by atoms with Crippen LogP contribution < -0.4 is 0 Å². The van der Waals surface area contributed by atoms with Gasteiger partial charge >= 0.3 is 0 Å². The van der Waals surface area contributed by atoms with Crippen LogP contribution >= 0.6 is 0 Å². The molecule has 0 amide bonds. The van der Waals surface area contributed by atoms with Crippen molar-refractivity contribution in [3.63, 3.8) is 0 Å². The second-order valence-electron chi connectivity index (χ2n) is 7.47. The van der Waals surface area contributed by atoms with E-state index in [1.807, 2.05) is 0 Å². The molecule has 0 heterocycles. The Balaban J connectivity index is 1.81. The largest absolute Gasteiger partial charge is 0.0654 e. The molecule has 0 N–H and O–H groups in total. The van der Waals surface area contributed by atoms with E-state index in [0.29, 0.717) is 0 Å². The third-order valence-corrected chi connectivity index (χ3v) is 5.63. The summed E-state index contributed by atoms with van der Waals surface area (Å²) in [7, 11) is 0. The maximum absolute atomic E-state index is 2.47. The fraction of sp³-hybridized carbons (Fsp3) is 0.308. The average Bonchev–Trinajstić information content (AvgIpc) is 2.68. The summed E-state index contributed by atoms with van der Waals surface area (Å²) in [5.74, 6) is 0. The highest BCUT2D eigenvalue weighted by molar-refractivity contribution is 6.08. The lowest BCUT2D eigenvalue weighted by molar-refractivity contribution is 0.787. The minimum atomic E-state index is 1.17. The van der Waals surface area contributed by atoms with Crippen LogP contribution in [0.1, 0.15) is 50.7 Å². The normalized spacial score (nSPS) is 11.6. The molecule has 0 saturated heterocycles. The van der Waals surface area contributed by atoms with Gasteiger partial charge in [-0.3, -0.25) is 0 Å². The Bertz CT molecular complexity index is 917. The van der Waals surface area contributed by atoms with E-state index in [1.54, 1.807) is 0 Å². The molecule has 1 aliphatic carbocycles. The lowest BCUT2D eigenvalue weighted by Gasteiger charge is -2.27. The summed E-state index contributed by atoms with van der Waals surface area (Å²) in [5.41, 5.74) is 11.5. The Hall–Kier alpha value is -2.34. The lowest BCUT2D eigenvalue weighted by atomic mass is 9.75. The molecular formula is C26H28. The van der Waals surface area contributed by atoms with Gasteiger partial charge in [0.15, 0.2) is 0 Å². The number of aryl methyl sites for hydroxylation is 2. The third-order valence-electron chi connectivity index (χ3n) is 5.63. The highest BCUT2D eigenvalue weighted by Crippen LogP contribution is 2.51. The molecule has 0 heteroatoms. The number of hydrogen-bond donors (Lipinski definition) is 0. The van der Waals surface area contributed by atoms with Crippen molar-refractivity contribution in [2.45, 2.75) is 52.4 Å². The second-order valence-corrected chi connectivity index (χ2v) is 7.47. The van der Waals surface area contributed by atoms with Gasteiger partial charge in [0.25, 0.3) is 0 Å². The highest BCUT2D eigenvalue weighted by Gasteiger charge is 2.25. The zero-order chi connectivity index (χ0) is 17.9. The van der Waals surface area contributed by atoms with Crippen LogP contribution in [0, 0.1) is 0 Å². The van der Waals surface area contributed by atoms with Crippen LogP contribution in [0.25, 0.3) is 33.4 Å². The van der Waals surface area contributed by atoms with Gasteiger partial charge in [-0.25, -0.2) is 0 Å². The van der Waals surface area contributed by atoms with E-state index in [9.17, 15) is 0 Å². The summed E-state index contributed by atoms with van der Waals surface area (Å²) in [5, 5.41) is 0. The first kappa shape index (κ1) is 17.1. The molecule has 0 saturated carbocycles. The molecule has 132 valence electrons. The molecule has 0 radical (unpaired) electrons. The molecule has 0 spiro atoms. The summed E-state index contributed by atoms with van der Waals surface area (Å²) in [6.07, 6.45) is 7.37. The van der Waals surface area contributed by atoms with Gasteiger partial charge in [-0.2, -0.15) is 0 Å². The first-order valence-electron chi connectivity index (χ1n) is 10.2. The van der Waals surface area contributed by atoms with E-state index < -0.39 is 0 Å². The predicted molar refractivity (Wildman–Crippen MR) is 114 cm³/mol. The number of hydrogen-bond acceptors (Lipinski definition) is 0. The summed E-state index contributed by atoms with van der Waals surface area (Å²) in [6.45, 7) is 4.55. The molecule has 1 aliphatic rings. The molecule has 0 fully saturated rings. The standard InChI is InChI=1S/C26H28/c1-3-5-10-19-16-17-20(11-6-4-2)25(18-19)24-15-9-14-23-21-12-7-8-13-22(21)26(23)24/h7-9,12-18H,3-6,10-11H2,1-2H3. The van der Waals surface area contributed by atoms with Crippen molar-refractivity contribution < 1.29 is 0 Å². The number of benzene rings is 3. The topological polar surface area (TPSA) is 0 Å². The highest BCUT2D eigenvalue weighted by atomic mass is 14.3. The van der Waals surface area contributed by atoms with Crippen LogP contribution in [-0.4, -0.2) is 0 Å². The van der Waals surface area contributed by atoms with Crippen molar-refractivity contribution in [2.75, 3.05) is 0 Å². The van der Waals surface area contributed by atoms with Gasteiger partial charge in [0.2, 0.25) is 0 Å². The predicted octanol–water partition coefficient (Wildman–Crippen LogP) is 7.69. The van der Waals surface area contributed by atoms with E-state index in [1.165, 1.54) is 83.0 Å². The monoisotopic (exact) mass is 340 g/mol. The van der Waals surface area contributed by atoms with Gasteiger partial charge in [0.05, 0.1) is 0 Å². The third kappa shape index (κ3) is 2.98. The first-order chi connectivity index (χ1) is 12.8. The van der Waals surface area contributed by atoms with Crippen LogP contribution in [0.15, 0.2) is 60.7 Å². The smallest absolute Gasteiger partial charge is 0.00203 e. The molecule has 0 aromatic heterocycles. The van der Waals surface area contributed by atoms with Crippen molar-refractivity contribution in [1.82, 2.24) is 0 Å². The quantitative estimate of drug-likeness (QED) is 0.323. The molecule has 4 rings (SSSR count). The van der Waals surface area contributed by atoms with Gasteiger partial charge in [-0.15, -0.1) is 0 Å². The molecule has 0 bridgehead atoms. The SMILES string of the molecule is CCCCc1ccc(CCCC)c(-c2cccc3c2-c2ccccc2-3)c1. The zero-order valence-electron chi connectivity index (χ0n) is 16.0. The lowest BCUT2D eigenvalue weighted by Crippen LogP contribution is -2.02. The van der Waals surface area contributed by atoms with Crippen LogP contribution in [0.5, 0.6) is 0 Å². The van der Waals surface area contributed by atoms with Gasteiger partial charge in [-0.05, 0) is 70.2 Å². The van der Waals surface area contributed by atoms with Crippen molar-refractivity contribution in [3.05, 3.63) is 71.8 Å². The van der Waals surface area contributed by atoms with Gasteiger partial charge in [0, 0.05) is 0 Å². The first-order valence-corrected chi connectivity index (χ1v) is 10.2. The Labute approximate surface area is 157 Å². The van der Waals surface area contributed by atoms with E-state index in [0.717, 1.165) is 0 Å². The Morgan fingerprint density at radius 1 is 0.577 bits per heavy atom. The maximum atomic E-state index is 2.47. The van der Waals surface area contributed by atoms with Crippen LogP contribution in [0.4, 0.5) is 0 Å².